The molecule has 0 atom stereocenters. The van der Waals surface area contributed by atoms with Crippen LogP contribution in [0, 0.1) is 6.92 Å². The zero-order chi connectivity index (χ0) is 14.7. The van der Waals surface area contributed by atoms with Gasteiger partial charge in [-0.15, -0.1) is 0 Å². The van der Waals surface area contributed by atoms with Crippen LogP contribution in [0.3, 0.4) is 0 Å². The van der Waals surface area contributed by atoms with Gasteiger partial charge in [0, 0.05) is 18.7 Å². The zero-order valence-corrected chi connectivity index (χ0v) is 11.3. The molecule has 1 amide bonds. The summed E-state index contributed by atoms with van der Waals surface area (Å²) in [6.07, 6.45) is 1.51. The first kappa shape index (κ1) is 13.9. The Labute approximate surface area is 117 Å². The Bertz CT molecular complexity index is 589. The summed E-state index contributed by atoms with van der Waals surface area (Å²) in [5.74, 6) is 0.0148. The Morgan fingerprint density at radius 3 is 2.60 bits per heavy atom. The molecule has 106 valence electrons. The highest BCUT2D eigenvalue weighted by Crippen LogP contribution is 2.28. The lowest BCUT2D eigenvalue weighted by atomic mass is 10.1. The summed E-state index contributed by atoms with van der Waals surface area (Å²) in [5.41, 5.74) is 18.5. The van der Waals surface area contributed by atoms with Crippen LogP contribution in [0.25, 0.3) is 0 Å². The van der Waals surface area contributed by atoms with Crippen LogP contribution >= 0.6 is 0 Å². The number of amides is 1. The molecule has 0 spiro atoms. The van der Waals surface area contributed by atoms with Crippen molar-refractivity contribution < 1.29 is 4.79 Å². The van der Waals surface area contributed by atoms with E-state index < -0.39 is 0 Å². The van der Waals surface area contributed by atoms with Crippen molar-refractivity contribution in [1.82, 2.24) is 0 Å². The number of anilines is 1. The van der Waals surface area contributed by atoms with E-state index in [4.69, 9.17) is 17.2 Å². The molecule has 0 aromatic heterocycles. The molecule has 1 aromatic rings. The summed E-state index contributed by atoms with van der Waals surface area (Å²) in [5, 5.41) is 0. The largest absolute Gasteiger partial charge is 0.370 e. The van der Waals surface area contributed by atoms with Crippen molar-refractivity contribution in [3.05, 3.63) is 23.8 Å². The second-order valence-electron chi connectivity index (χ2n) is 4.63. The van der Waals surface area contributed by atoms with Crippen molar-refractivity contribution >= 4 is 29.2 Å². The van der Waals surface area contributed by atoms with E-state index in [0.29, 0.717) is 12.1 Å². The van der Waals surface area contributed by atoms with Gasteiger partial charge in [0.1, 0.15) is 0 Å². The van der Waals surface area contributed by atoms with Crippen molar-refractivity contribution in [3.63, 3.8) is 0 Å². The van der Waals surface area contributed by atoms with E-state index in [-0.39, 0.29) is 17.8 Å². The molecule has 7 heteroatoms. The standard InChI is InChI=1S/C13H18N6O/c1-8-7-9(17-13(16)18-12(14)15)4-5-10(8)19-6-2-3-11(19)20/h4-5,7H,2-3,6H2,1H3,(H6,14,15,16,17,18). The van der Waals surface area contributed by atoms with E-state index >= 15 is 0 Å². The maximum absolute atomic E-state index is 11.7. The van der Waals surface area contributed by atoms with Gasteiger partial charge in [-0.2, -0.15) is 4.99 Å². The number of aryl methyl sites for hydroxylation is 1. The van der Waals surface area contributed by atoms with Gasteiger partial charge in [-0.3, -0.25) is 4.79 Å². The fourth-order valence-corrected chi connectivity index (χ4v) is 2.20. The Morgan fingerprint density at radius 2 is 2.05 bits per heavy atom. The SMILES string of the molecule is Cc1cc(N=C(N)N=C(N)N)ccc1N1CCCC1=O. The van der Waals surface area contributed by atoms with E-state index in [0.717, 1.165) is 24.2 Å². The summed E-state index contributed by atoms with van der Waals surface area (Å²) in [7, 11) is 0. The van der Waals surface area contributed by atoms with Crippen LogP contribution in [-0.4, -0.2) is 24.4 Å². The fourth-order valence-electron chi connectivity index (χ4n) is 2.20. The predicted octanol–water partition coefficient (Wildman–Crippen LogP) is 0.341. The van der Waals surface area contributed by atoms with Crippen LogP contribution in [0.5, 0.6) is 0 Å². The normalized spacial score (nSPS) is 15.6. The van der Waals surface area contributed by atoms with Crippen LogP contribution in [0.15, 0.2) is 28.2 Å². The van der Waals surface area contributed by atoms with E-state index in [2.05, 4.69) is 9.98 Å². The van der Waals surface area contributed by atoms with Crippen LogP contribution < -0.4 is 22.1 Å². The van der Waals surface area contributed by atoms with Crippen molar-refractivity contribution in [2.75, 3.05) is 11.4 Å². The highest BCUT2D eigenvalue weighted by Gasteiger charge is 2.22. The third-order valence-electron chi connectivity index (χ3n) is 3.03. The summed E-state index contributed by atoms with van der Waals surface area (Å²) >= 11 is 0. The average molecular weight is 274 g/mol. The first-order chi connectivity index (χ1) is 9.47. The molecule has 1 heterocycles. The van der Waals surface area contributed by atoms with Crippen molar-refractivity contribution in [1.29, 1.82) is 0 Å². The molecular formula is C13H18N6O. The lowest BCUT2D eigenvalue weighted by molar-refractivity contribution is -0.117. The molecule has 0 aliphatic carbocycles. The summed E-state index contributed by atoms with van der Waals surface area (Å²) < 4.78 is 0. The molecule has 0 bridgehead atoms. The number of aliphatic imine (C=N–C) groups is 2. The van der Waals surface area contributed by atoms with Crippen molar-refractivity contribution in [3.8, 4) is 0 Å². The number of nitrogens with two attached hydrogens (primary N) is 3. The maximum Gasteiger partial charge on any atom is 0.227 e. The molecule has 1 aliphatic heterocycles. The van der Waals surface area contributed by atoms with E-state index in [1.54, 1.807) is 11.0 Å². The molecule has 1 aliphatic rings. The summed E-state index contributed by atoms with van der Waals surface area (Å²) in [4.78, 5) is 21.3. The molecule has 6 N–H and O–H groups in total. The van der Waals surface area contributed by atoms with Gasteiger partial charge < -0.3 is 22.1 Å². The zero-order valence-electron chi connectivity index (χ0n) is 11.3. The van der Waals surface area contributed by atoms with E-state index in [9.17, 15) is 4.79 Å². The topological polar surface area (TPSA) is 123 Å². The quantitative estimate of drug-likeness (QED) is 0.531. The van der Waals surface area contributed by atoms with Crippen molar-refractivity contribution in [2.24, 2.45) is 27.2 Å². The second-order valence-corrected chi connectivity index (χ2v) is 4.63. The first-order valence-corrected chi connectivity index (χ1v) is 6.32. The highest BCUT2D eigenvalue weighted by molar-refractivity contribution is 5.96. The van der Waals surface area contributed by atoms with Gasteiger partial charge in [0.25, 0.3) is 0 Å². The van der Waals surface area contributed by atoms with Gasteiger partial charge in [-0.25, -0.2) is 4.99 Å². The van der Waals surface area contributed by atoms with Gasteiger partial charge >= 0.3 is 0 Å². The fraction of sp³-hybridized carbons (Fsp3) is 0.308. The molecule has 2 rings (SSSR count). The molecular weight excluding hydrogens is 256 g/mol. The lowest BCUT2D eigenvalue weighted by Gasteiger charge is -2.18. The number of hydrogen-bond acceptors (Lipinski definition) is 2. The number of guanidine groups is 2. The molecule has 1 fully saturated rings. The predicted molar refractivity (Wildman–Crippen MR) is 79.9 cm³/mol. The molecule has 0 radical (unpaired) electrons. The number of hydrogen-bond donors (Lipinski definition) is 3. The molecule has 1 aromatic carbocycles. The molecule has 7 nitrogen and oxygen atoms in total. The molecule has 0 saturated carbocycles. The highest BCUT2D eigenvalue weighted by atomic mass is 16.2. The monoisotopic (exact) mass is 274 g/mol. The number of rotatable bonds is 2. The maximum atomic E-state index is 11.7. The Balaban J connectivity index is 2.26. The van der Waals surface area contributed by atoms with Gasteiger partial charge in [0.05, 0.1) is 5.69 Å². The minimum Gasteiger partial charge on any atom is -0.370 e. The Hall–Kier alpha value is -2.57. The number of carbonyl (C=O) groups is 1. The van der Waals surface area contributed by atoms with Gasteiger partial charge in [0.2, 0.25) is 11.9 Å². The Morgan fingerprint density at radius 1 is 1.30 bits per heavy atom. The lowest BCUT2D eigenvalue weighted by Crippen LogP contribution is -2.26. The second kappa shape index (κ2) is 5.60. The first-order valence-electron chi connectivity index (χ1n) is 6.32. The average Bonchev–Trinajstić information content (AvgIpc) is 2.74. The van der Waals surface area contributed by atoms with Gasteiger partial charge in [0.15, 0.2) is 5.96 Å². The minimum absolute atomic E-state index is 0.00519. The van der Waals surface area contributed by atoms with Gasteiger partial charge in [-0.05, 0) is 37.1 Å². The minimum atomic E-state index is -0.137. The van der Waals surface area contributed by atoms with E-state index in [1.807, 2.05) is 19.1 Å². The molecule has 1 saturated heterocycles. The smallest absolute Gasteiger partial charge is 0.227 e. The third-order valence-corrected chi connectivity index (χ3v) is 3.03. The van der Waals surface area contributed by atoms with Crippen LogP contribution in [0.2, 0.25) is 0 Å². The van der Waals surface area contributed by atoms with Crippen LogP contribution in [0.1, 0.15) is 18.4 Å². The van der Waals surface area contributed by atoms with Crippen LogP contribution in [0.4, 0.5) is 11.4 Å². The summed E-state index contributed by atoms with van der Waals surface area (Å²) in [6, 6.07) is 5.49. The third kappa shape index (κ3) is 3.05. The molecule has 0 unspecified atom stereocenters. The number of nitrogens with zero attached hydrogens (tertiary/aromatic N) is 3. The Kier molecular flexibility index (Phi) is 3.88. The van der Waals surface area contributed by atoms with Crippen LogP contribution in [-0.2, 0) is 4.79 Å². The molecule has 20 heavy (non-hydrogen) atoms. The number of carbonyl (C=O) groups excluding carboxylic acids is 1. The summed E-state index contributed by atoms with van der Waals surface area (Å²) in [6.45, 7) is 2.69. The van der Waals surface area contributed by atoms with E-state index in [1.165, 1.54) is 0 Å². The number of benzene rings is 1. The van der Waals surface area contributed by atoms with Crippen molar-refractivity contribution in [2.45, 2.75) is 19.8 Å². The van der Waals surface area contributed by atoms with Gasteiger partial charge in [-0.1, -0.05) is 0 Å².